The van der Waals surface area contributed by atoms with Crippen LogP contribution in [0.1, 0.15) is 24.1 Å². The van der Waals surface area contributed by atoms with Gasteiger partial charge in [0, 0.05) is 31.4 Å². The lowest BCUT2D eigenvalue weighted by atomic mass is 10.0. The number of carbonyl (C=O) groups is 2. The van der Waals surface area contributed by atoms with Crippen LogP contribution in [0.15, 0.2) is 72.8 Å². The minimum absolute atomic E-state index is 0.116. The van der Waals surface area contributed by atoms with E-state index >= 15 is 0 Å². The van der Waals surface area contributed by atoms with Crippen molar-refractivity contribution in [3.63, 3.8) is 0 Å². The number of anilines is 1. The van der Waals surface area contributed by atoms with Crippen LogP contribution >= 0.6 is 11.6 Å². The van der Waals surface area contributed by atoms with Crippen molar-refractivity contribution in [1.82, 2.24) is 10.2 Å². The van der Waals surface area contributed by atoms with Crippen LogP contribution in [0.5, 0.6) is 11.5 Å². The molecule has 1 heterocycles. The highest BCUT2D eigenvalue weighted by Gasteiger charge is 2.37. The molecular formula is C28H29ClFN3O3. The Morgan fingerprint density at radius 2 is 1.83 bits per heavy atom. The summed E-state index contributed by atoms with van der Waals surface area (Å²) in [7, 11) is 0. The molecule has 1 fully saturated rings. The van der Waals surface area contributed by atoms with Gasteiger partial charge in [0.15, 0.2) is 0 Å². The molecule has 1 aliphatic heterocycles. The number of rotatable bonds is 7. The van der Waals surface area contributed by atoms with Crippen LogP contribution in [0.3, 0.4) is 0 Å². The van der Waals surface area contributed by atoms with Gasteiger partial charge in [0.25, 0.3) is 5.91 Å². The first-order chi connectivity index (χ1) is 17.4. The summed E-state index contributed by atoms with van der Waals surface area (Å²) in [6, 6.07) is 19.5. The van der Waals surface area contributed by atoms with Gasteiger partial charge in [-0.1, -0.05) is 30.3 Å². The molecule has 3 aromatic rings. The maximum Gasteiger partial charge on any atom is 0.250 e. The minimum atomic E-state index is -0.998. The van der Waals surface area contributed by atoms with E-state index in [0.29, 0.717) is 42.4 Å². The van der Waals surface area contributed by atoms with E-state index in [-0.39, 0.29) is 17.8 Å². The number of hydrogen-bond acceptors (Lipinski definition) is 4. The summed E-state index contributed by atoms with van der Waals surface area (Å²) in [5.41, 5.74) is 1.78. The summed E-state index contributed by atoms with van der Waals surface area (Å²) < 4.78 is 19.7. The van der Waals surface area contributed by atoms with Gasteiger partial charge in [-0.15, -0.1) is 11.6 Å². The van der Waals surface area contributed by atoms with Crippen molar-refractivity contribution in [1.29, 1.82) is 0 Å². The van der Waals surface area contributed by atoms with Crippen molar-refractivity contribution in [2.24, 2.45) is 0 Å². The highest BCUT2D eigenvalue weighted by atomic mass is 35.5. The molecule has 0 radical (unpaired) electrons. The van der Waals surface area contributed by atoms with Gasteiger partial charge in [-0.3, -0.25) is 14.5 Å². The van der Waals surface area contributed by atoms with Gasteiger partial charge in [0.05, 0.1) is 0 Å². The van der Waals surface area contributed by atoms with Crippen LogP contribution in [0.2, 0.25) is 0 Å². The molecule has 8 heteroatoms. The zero-order valence-corrected chi connectivity index (χ0v) is 21.0. The number of hydrogen-bond donors (Lipinski definition) is 1. The third kappa shape index (κ3) is 5.86. The molecule has 2 atom stereocenters. The standard InChI is InChI=1S/C28H29ClFN3O3/c1-19-16-24(36-23-6-4-3-5-7-23)12-13-25(19)33(26(34)17-29)27(21-8-10-22(30)11-9-21)28(35)32-15-14-31-20(2)18-32/h3-13,16,20,27,31H,14-15,17-18H2,1-2H3/t20-,27?/m1/s1. The van der Waals surface area contributed by atoms with Gasteiger partial charge in [-0.05, 0) is 67.4 Å². The number of alkyl halides is 1. The highest BCUT2D eigenvalue weighted by Crippen LogP contribution is 2.35. The average molecular weight is 510 g/mol. The van der Waals surface area contributed by atoms with E-state index in [1.807, 2.05) is 50.2 Å². The summed E-state index contributed by atoms with van der Waals surface area (Å²) >= 11 is 6.05. The summed E-state index contributed by atoms with van der Waals surface area (Å²) in [6.07, 6.45) is 0. The van der Waals surface area contributed by atoms with Crippen LogP contribution in [0.25, 0.3) is 0 Å². The largest absolute Gasteiger partial charge is 0.457 e. The Labute approximate surface area is 215 Å². The number of ether oxygens (including phenoxy) is 1. The van der Waals surface area contributed by atoms with E-state index in [1.54, 1.807) is 29.2 Å². The fourth-order valence-corrected chi connectivity index (χ4v) is 4.55. The molecule has 1 unspecified atom stereocenters. The molecule has 1 N–H and O–H groups in total. The monoisotopic (exact) mass is 509 g/mol. The van der Waals surface area contributed by atoms with E-state index in [1.165, 1.54) is 17.0 Å². The summed E-state index contributed by atoms with van der Waals surface area (Å²) in [5.74, 6) is -0.119. The predicted octanol–water partition coefficient (Wildman–Crippen LogP) is 5.06. The molecular weight excluding hydrogens is 481 g/mol. The lowest BCUT2D eigenvalue weighted by Gasteiger charge is -2.38. The Hall–Kier alpha value is -3.42. The van der Waals surface area contributed by atoms with Gasteiger partial charge in [0.1, 0.15) is 29.2 Å². The Morgan fingerprint density at radius 1 is 1.11 bits per heavy atom. The molecule has 0 aliphatic carbocycles. The number of nitrogens with zero attached hydrogens (tertiary/aromatic N) is 2. The first-order valence-electron chi connectivity index (χ1n) is 11.9. The fourth-order valence-electron chi connectivity index (χ4n) is 4.42. The second-order valence-corrected chi connectivity index (χ2v) is 9.12. The smallest absolute Gasteiger partial charge is 0.250 e. The van der Waals surface area contributed by atoms with E-state index in [9.17, 15) is 14.0 Å². The average Bonchev–Trinajstić information content (AvgIpc) is 2.88. The number of nitrogens with one attached hydrogen (secondary N) is 1. The molecule has 3 aromatic carbocycles. The molecule has 36 heavy (non-hydrogen) atoms. The Morgan fingerprint density at radius 3 is 2.47 bits per heavy atom. The number of carbonyl (C=O) groups excluding carboxylic acids is 2. The Bertz CT molecular complexity index is 1210. The topological polar surface area (TPSA) is 61.9 Å². The summed E-state index contributed by atoms with van der Waals surface area (Å²) in [4.78, 5) is 30.4. The maximum atomic E-state index is 13.9. The van der Waals surface area contributed by atoms with Crippen molar-refractivity contribution in [2.75, 3.05) is 30.4 Å². The van der Waals surface area contributed by atoms with Gasteiger partial charge in [-0.25, -0.2) is 4.39 Å². The number of amides is 2. The molecule has 2 amide bonds. The number of aryl methyl sites for hydroxylation is 1. The molecule has 0 spiro atoms. The van der Waals surface area contributed by atoms with Crippen molar-refractivity contribution in [3.05, 3.63) is 89.7 Å². The number of para-hydroxylation sites is 1. The van der Waals surface area contributed by atoms with Crippen molar-refractivity contribution in [3.8, 4) is 11.5 Å². The van der Waals surface area contributed by atoms with Gasteiger partial charge >= 0.3 is 0 Å². The number of benzene rings is 3. The van der Waals surface area contributed by atoms with Crippen LogP contribution in [0, 0.1) is 12.7 Å². The first-order valence-corrected chi connectivity index (χ1v) is 12.4. The highest BCUT2D eigenvalue weighted by molar-refractivity contribution is 6.30. The van der Waals surface area contributed by atoms with Gasteiger partial charge in [0.2, 0.25) is 5.91 Å². The second kappa shape index (κ2) is 11.5. The molecule has 6 nitrogen and oxygen atoms in total. The lowest BCUT2D eigenvalue weighted by molar-refractivity contribution is -0.135. The summed E-state index contributed by atoms with van der Waals surface area (Å²) in [5, 5.41) is 3.32. The molecule has 4 rings (SSSR count). The van der Waals surface area contributed by atoms with Crippen LogP contribution in [-0.4, -0.2) is 48.3 Å². The molecule has 0 aromatic heterocycles. The van der Waals surface area contributed by atoms with E-state index in [0.717, 1.165) is 5.56 Å². The first kappa shape index (κ1) is 25.7. The molecule has 0 saturated carbocycles. The normalized spacial score (nSPS) is 16.3. The molecule has 1 aliphatic rings. The van der Waals surface area contributed by atoms with E-state index in [2.05, 4.69) is 5.32 Å². The van der Waals surface area contributed by atoms with Crippen molar-refractivity contribution >= 4 is 29.1 Å². The summed E-state index contributed by atoms with van der Waals surface area (Å²) in [6.45, 7) is 5.51. The third-order valence-corrected chi connectivity index (χ3v) is 6.38. The van der Waals surface area contributed by atoms with Gasteiger partial charge in [-0.2, -0.15) is 0 Å². The minimum Gasteiger partial charge on any atom is -0.457 e. The van der Waals surface area contributed by atoms with Crippen molar-refractivity contribution in [2.45, 2.75) is 25.9 Å². The quantitative estimate of drug-likeness (QED) is 0.452. The van der Waals surface area contributed by atoms with Crippen LogP contribution in [0.4, 0.5) is 10.1 Å². The zero-order valence-electron chi connectivity index (χ0n) is 20.3. The van der Waals surface area contributed by atoms with E-state index in [4.69, 9.17) is 16.3 Å². The predicted molar refractivity (Wildman–Crippen MR) is 139 cm³/mol. The Kier molecular flexibility index (Phi) is 8.23. The molecule has 0 bridgehead atoms. The van der Waals surface area contributed by atoms with Crippen LogP contribution in [-0.2, 0) is 9.59 Å². The van der Waals surface area contributed by atoms with Crippen LogP contribution < -0.4 is 15.0 Å². The number of piperazine rings is 1. The lowest BCUT2D eigenvalue weighted by Crippen LogP contribution is -2.55. The fraction of sp³-hybridized carbons (Fsp3) is 0.286. The van der Waals surface area contributed by atoms with E-state index < -0.39 is 17.8 Å². The third-order valence-electron chi connectivity index (χ3n) is 6.15. The second-order valence-electron chi connectivity index (χ2n) is 8.85. The van der Waals surface area contributed by atoms with Gasteiger partial charge < -0.3 is 15.0 Å². The Balaban J connectivity index is 1.75. The molecule has 188 valence electrons. The SMILES string of the molecule is Cc1cc(Oc2ccccc2)ccc1N(C(=O)CCl)C(C(=O)N1CCN[C@H](C)C1)c1ccc(F)cc1. The number of halogens is 2. The molecule has 1 saturated heterocycles. The zero-order chi connectivity index (χ0) is 25.7. The maximum absolute atomic E-state index is 13.9. The van der Waals surface area contributed by atoms with Crippen molar-refractivity contribution < 1.29 is 18.7 Å².